The van der Waals surface area contributed by atoms with Gasteiger partial charge in [-0.2, -0.15) is 0 Å². The summed E-state index contributed by atoms with van der Waals surface area (Å²) in [6.07, 6.45) is 0.728. The molecule has 0 heterocycles. The molecule has 0 radical (unpaired) electrons. The maximum absolute atomic E-state index is 12.0. The minimum atomic E-state index is -0.203. The zero-order valence-corrected chi connectivity index (χ0v) is 14.4. The van der Waals surface area contributed by atoms with Crippen molar-refractivity contribution in [2.45, 2.75) is 19.4 Å². The number of amides is 1. The molecule has 0 aliphatic carbocycles. The summed E-state index contributed by atoms with van der Waals surface area (Å²) in [7, 11) is 1.53. The molecule has 0 aromatic heterocycles. The topological polar surface area (TPSA) is 64.3 Å². The lowest BCUT2D eigenvalue weighted by molar-refractivity contribution is 0.0949. The second-order valence-corrected chi connectivity index (χ2v) is 5.56. The number of hydrogen-bond donors (Lipinski definition) is 2. The maximum atomic E-state index is 12.0. The third-order valence-electron chi connectivity index (χ3n) is 2.37. The fraction of sp³-hybridized carbons (Fsp3) is 0.417. The quantitative estimate of drug-likeness (QED) is 0.722. The van der Waals surface area contributed by atoms with E-state index in [1.165, 1.54) is 7.11 Å². The van der Waals surface area contributed by atoms with E-state index in [9.17, 15) is 4.79 Å². The third-order valence-corrected chi connectivity index (χ3v) is 3.90. The standard InChI is InChI=1S/C12H16ClIN2O2.ClH/c1-7(15)3-4-16-12(17)8-5-9(13)10(14)6-11(8)18-2;/h5-7H,3-4,15H2,1-2H3,(H,16,17);1H. The van der Waals surface area contributed by atoms with E-state index >= 15 is 0 Å². The number of benzene rings is 1. The SMILES string of the molecule is COc1cc(I)c(Cl)cc1C(=O)NCCC(C)N.Cl. The van der Waals surface area contributed by atoms with Gasteiger partial charge in [-0.25, -0.2) is 0 Å². The smallest absolute Gasteiger partial charge is 0.255 e. The van der Waals surface area contributed by atoms with Gasteiger partial charge in [-0.15, -0.1) is 12.4 Å². The Morgan fingerprint density at radius 3 is 2.74 bits per heavy atom. The van der Waals surface area contributed by atoms with E-state index in [0.717, 1.165) is 9.99 Å². The number of rotatable bonds is 5. The second-order valence-electron chi connectivity index (χ2n) is 3.99. The molecule has 4 nitrogen and oxygen atoms in total. The van der Waals surface area contributed by atoms with E-state index in [1.807, 2.05) is 6.92 Å². The van der Waals surface area contributed by atoms with Crippen LogP contribution in [0.3, 0.4) is 0 Å². The molecule has 0 saturated carbocycles. The Morgan fingerprint density at radius 1 is 1.58 bits per heavy atom. The number of ether oxygens (including phenoxy) is 1. The zero-order valence-electron chi connectivity index (χ0n) is 10.7. The van der Waals surface area contributed by atoms with Crippen LogP contribution in [0.1, 0.15) is 23.7 Å². The van der Waals surface area contributed by atoms with E-state index in [4.69, 9.17) is 22.1 Å². The lowest BCUT2D eigenvalue weighted by atomic mass is 10.2. The van der Waals surface area contributed by atoms with Gasteiger partial charge in [0.1, 0.15) is 5.75 Å². The van der Waals surface area contributed by atoms with E-state index < -0.39 is 0 Å². The maximum Gasteiger partial charge on any atom is 0.255 e. The normalized spacial score (nSPS) is 11.4. The fourth-order valence-corrected chi connectivity index (χ4v) is 1.99. The number of carbonyl (C=O) groups excluding carboxylic acids is 1. The molecule has 0 bridgehead atoms. The number of halogens is 3. The molecule has 0 aliphatic heterocycles. The van der Waals surface area contributed by atoms with Crippen LogP contribution in [0.5, 0.6) is 5.75 Å². The Balaban J connectivity index is 0.00000324. The van der Waals surface area contributed by atoms with Crippen LogP contribution in [0.25, 0.3) is 0 Å². The van der Waals surface area contributed by atoms with Crippen molar-refractivity contribution in [2.24, 2.45) is 5.73 Å². The van der Waals surface area contributed by atoms with Crippen LogP contribution >= 0.6 is 46.6 Å². The Hall–Kier alpha value is -0.240. The third kappa shape index (κ3) is 5.72. The van der Waals surface area contributed by atoms with Gasteiger partial charge >= 0.3 is 0 Å². The Kier molecular flexibility index (Phi) is 8.73. The van der Waals surface area contributed by atoms with Crippen LogP contribution in [-0.4, -0.2) is 25.6 Å². The number of nitrogens with two attached hydrogens (primary N) is 1. The van der Waals surface area contributed by atoms with Crippen molar-refractivity contribution in [1.82, 2.24) is 5.32 Å². The summed E-state index contributed by atoms with van der Waals surface area (Å²) in [5.41, 5.74) is 6.06. The predicted molar refractivity (Wildman–Crippen MR) is 88.6 cm³/mol. The van der Waals surface area contributed by atoms with Crippen molar-refractivity contribution in [2.75, 3.05) is 13.7 Å². The van der Waals surface area contributed by atoms with Crippen molar-refractivity contribution < 1.29 is 9.53 Å². The molecule has 3 N–H and O–H groups in total. The van der Waals surface area contributed by atoms with Crippen molar-refractivity contribution in [3.8, 4) is 5.75 Å². The highest BCUT2D eigenvalue weighted by molar-refractivity contribution is 14.1. The van der Waals surface area contributed by atoms with Gasteiger partial charge in [-0.1, -0.05) is 11.6 Å². The van der Waals surface area contributed by atoms with Crippen molar-refractivity contribution in [3.63, 3.8) is 0 Å². The Bertz CT molecular complexity index is 442. The Morgan fingerprint density at radius 2 is 2.21 bits per heavy atom. The summed E-state index contributed by atoms with van der Waals surface area (Å²) in [6, 6.07) is 3.42. The number of methoxy groups -OCH3 is 1. The van der Waals surface area contributed by atoms with Crippen LogP contribution in [0.15, 0.2) is 12.1 Å². The predicted octanol–water partition coefficient (Wildman–Crippen LogP) is 2.84. The molecule has 1 aromatic rings. The van der Waals surface area contributed by atoms with Crippen molar-refractivity contribution in [1.29, 1.82) is 0 Å². The summed E-state index contributed by atoms with van der Waals surface area (Å²) in [4.78, 5) is 12.0. The molecule has 1 rings (SSSR count). The summed E-state index contributed by atoms with van der Waals surface area (Å²) in [5.74, 6) is 0.313. The van der Waals surface area contributed by atoms with E-state index in [-0.39, 0.29) is 24.4 Å². The molecule has 1 aromatic carbocycles. The summed E-state index contributed by atoms with van der Waals surface area (Å²) < 4.78 is 6.03. The van der Waals surface area contributed by atoms with Gasteiger partial charge in [-0.3, -0.25) is 4.79 Å². The molecule has 0 fully saturated rings. The molecule has 0 saturated heterocycles. The highest BCUT2D eigenvalue weighted by Gasteiger charge is 2.14. The molecule has 1 unspecified atom stereocenters. The largest absolute Gasteiger partial charge is 0.496 e. The van der Waals surface area contributed by atoms with E-state index in [0.29, 0.717) is 22.9 Å². The van der Waals surface area contributed by atoms with E-state index in [1.54, 1.807) is 12.1 Å². The average molecular weight is 419 g/mol. The lowest BCUT2D eigenvalue weighted by Crippen LogP contribution is -2.29. The highest BCUT2D eigenvalue weighted by Crippen LogP contribution is 2.28. The van der Waals surface area contributed by atoms with Gasteiger partial charge < -0.3 is 15.8 Å². The molecular formula is C12H17Cl2IN2O2. The van der Waals surface area contributed by atoms with Crippen LogP contribution < -0.4 is 15.8 Å². The molecule has 1 amide bonds. The van der Waals surface area contributed by atoms with Crippen molar-refractivity contribution >= 4 is 52.5 Å². The van der Waals surface area contributed by atoms with Crippen molar-refractivity contribution in [3.05, 3.63) is 26.3 Å². The molecule has 1 atom stereocenters. The molecule has 0 spiro atoms. The minimum absolute atomic E-state index is 0. The Labute approximate surface area is 138 Å². The molecule has 0 aliphatic rings. The lowest BCUT2D eigenvalue weighted by Gasteiger charge is -2.11. The van der Waals surface area contributed by atoms with Gasteiger partial charge in [0.25, 0.3) is 5.91 Å². The fourth-order valence-electron chi connectivity index (χ4n) is 1.38. The summed E-state index contributed by atoms with van der Waals surface area (Å²) in [6.45, 7) is 2.43. The number of hydrogen-bond acceptors (Lipinski definition) is 3. The first-order valence-corrected chi connectivity index (χ1v) is 6.98. The van der Waals surface area contributed by atoms with Gasteiger partial charge in [0, 0.05) is 16.2 Å². The minimum Gasteiger partial charge on any atom is -0.496 e. The van der Waals surface area contributed by atoms with Gasteiger partial charge in [0.15, 0.2) is 0 Å². The first-order valence-electron chi connectivity index (χ1n) is 5.52. The molecule has 108 valence electrons. The van der Waals surface area contributed by atoms with Gasteiger partial charge in [0.05, 0.1) is 17.7 Å². The van der Waals surface area contributed by atoms with Gasteiger partial charge in [-0.05, 0) is 48.1 Å². The number of carbonyl (C=O) groups is 1. The average Bonchev–Trinajstić information content (AvgIpc) is 2.31. The van der Waals surface area contributed by atoms with Crippen LogP contribution in [0, 0.1) is 3.57 Å². The van der Waals surface area contributed by atoms with Crippen LogP contribution in [-0.2, 0) is 0 Å². The highest BCUT2D eigenvalue weighted by atomic mass is 127. The first-order chi connectivity index (χ1) is 8.45. The van der Waals surface area contributed by atoms with E-state index in [2.05, 4.69) is 27.9 Å². The second kappa shape index (κ2) is 8.84. The number of nitrogens with one attached hydrogen (secondary N) is 1. The summed E-state index contributed by atoms with van der Waals surface area (Å²) >= 11 is 8.10. The first kappa shape index (κ1) is 18.8. The van der Waals surface area contributed by atoms with Crippen LogP contribution in [0.4, 0.5) is 0 Å². The van der Waals surface area contributed by atoms with Crippen LogP contribution in [0.2, 0.25) is 5.02 Å². The van der Waals surface area contributed by atoms with Gasteiger partial charge in [0.2, 0.25) is 0 Å². The summed E-state index contributed by atoms with van der Waals surface area (Å²) in [5, 5.41) is 3.33. The molecular weight excluding hydrogens is 402 g/mol. The molecule has 7 heteroatoms. The molecule has 19 heavy (non-hydrogen) atoms. The zero-order chi connectivity index (χ0) is 13.7. The monoisotopic (exact) mass is 418 g/mol.